The lowest BCUT2D eigenvalue weighted by atomic mass is 9.95. The SMILES string of the molecule is Cc1noc(C)c1CNC(=O)C1CCN(C(=O)C(F)(F)F)CC1. The lowest BCUT2D eigenvalue weighted by Gasteiger charge is -2.31. The van der Waals surface area contributed by atoms with Gasteiger partial charge in [0, 0.05) is 31.1 Å². The number of carbonyl (C=O) groups excluding carboxylic acids is 2. The molecule has 1 saturated heterocycles. The van der Waals surface area contributed by atoms with Crippen molar-refractivity contribution in [1.29, 1.82) is 0 Å². The average Bonchev–Trinajstić information content (AvgIpc) is 2.82. The summed E-state index contributed by atoms with van der Waals surface area (Å²) in [6.45, 7) is 3.63. The number of rotatable bonds is 3. The highest BCUT2D eigenvalue weighted by Crippen LogP contribution is 2.24. The quantitative estimate of drug-likeness (QED) is 0.914. The monoisotopic (exact) mass is 333 g/mol. The van der Waals surface area contributed by atoms with Crippen LogP contribution in [0.4, 0.5) is 13.2 Å². The van der Waals surface area contributed by atoms with E-state index in [1.807, 2.05) is 0 Å². The maximum atomic E-state index is 12.4. The fourth-order valence-corrected chi connectivity index (χ4v) is 2.60. The van der Waals surface area contributed by atoms with E-state index in [0.29, 0.717) is 11.5 Å². The van der Waals surface area contributed by atoms with Crippen molar-refractivity contribution in [2.75, 3.05) is 13.1 Å². The van der Waals surface area contributed by atoms with E-state index in [2.05, 4.69) is 10.5 Å². The number of hydrogen-bond acceptors (Lipinski definition) is 4. The van der Waals surface area contributed by atoms with E-state index in [1.165, 1.54) is 0 Å². The molecular formula is C14H18F3N3O3. The normalized spacial score (nSPS) is 16.5. The van der Waals surface area contributed by atoms with Gasteiger partial charge in [0.2, 0.25) is 5.91 Å². The van der Waals surface area contributed by atoms with Gasteiger partial charge in [-0.2, -0.15) is 13.2 Å². The molecule has 0 spiro atoms. The minimum atomic E-state index is -4.86. The lowest BCUT2D eigenvalue weighted by Crippen LogP contribution is -2.47. The fourth-order valence-electron chi connectivity index (χ4n) is 2.60. The zero-order chi connectivity index (χ0) is 17.2. The number of hydrogen-bond donors (Lipinski definition) is 1. The zero-order valence-electron chi connectivity index (χ0n) is 12.9. The molecule has 6 nitrogen and oxygen atoms in total. The predicted octanol–water partition coefficient (Wildman–Crippen LogP) is 1.71. The molecular weight excluding hydrogens is 315 g/mol. The summed E-state index contributed by atoms with van der Waals surface area (Å²) in [4.78, 5) is 24.0. The van der Waals surface area contributed by atoms with Crippen molar-refractivity contribution in [1.82, 2.24) is 15.4 Å². The number of piperidine rings is 1. The number of carbonyl (C=O) groups is 2. The molecule has 1 aliphatic heterocycles. The summed E-state index contributed by atoms with van der Waals surface area (Å²) in [6, 6.07) is 0. The Kier molecular flexibility index (Phi) is 4.96. The summed E-state index contributed by atoms with van der Waals surface area (Å²) in [5.41, 5.74) is 1.48. The van der Waals surface area contributed by atoms with Crippen molar-refractivity contribution < 1.29 is 27.3 Å². The molecule has 0 saturated carbocycles. The van der Waals surface area contributed by atoms with Crippen molar-refractivity contribution >= 4 is 11.8 Å². The molecule has 2 rings (SSSR count). The van der Waals surface area contributed by atoms with E-state index in [4.69, 9.17) is 4.52 Å². The van der Waals surface area contributed by atoms with Gasteiger partial charge >= 0.3 is 12.1 Å². The van der Waals surface area contributed by atoms with Gasteiger partial charge in [0.25, 0.3) is 0 Å². The molecule has 0 aromatic carbocycles. The third kappa shape index (κ3) is 4.02. The van der Waals surface area contributed by atoms with Crippen LogP contribution in [-0.2, 0) is 16.1 Å². The third-order valence-corrected chi connectivity index (χ3v) is 4.02. The first-order chi connectivity index (χ1) is 10.7. The van der Waals surface area contributed by atoms with E-state index in [0.717, 1.165) is 10.5 Å². The Bertz CT molecular complexity index is 570. The van der Waals surface area contributed by atoms with Crippen molar-refractivity contribution in [2.45, 2.75) is 39.4 Å². The maximum Gasteiger partial charge on any atom is 0.471 e. The fraction of sp³-hybridized carbons (Fsp3) is 0.643. The van der Waals surface area contributed by atoms with Crippen molar-refractivity contribution in [3.8, 4) is 0 Å². The first kappa shape index (κ1) is 17.3. The maximum absolute atomic E-state index is 12.4. The molecule has 2 heterocycles. The van der Waals surface area contributed by atoms with Crippen molar-refractivity contribution in [3.05, 3.63) is 17.0 Å². The summed E-state index contributed by atoms with van der Waals surface area (Å²) in [6.07, 6.45) is -4.43. The van der Waals surface area contributed by atoms with Crippen LogP contribution >= 0.6 is 0 Å². The van der Waals surface area contributed by atoms with Gasteiger partial charge < -0.3 is 14.7 Å². The minimum absolute atomic E-state index is 0.0677. The first-order valence-electron chi connectivity index (χ1n) is 7.25. The predicted molar refractivity (Wildman–Crippen MR) is 73.2 cm³/mol. The molecule has 1 fully saturated rings. The van der Waals surface area contributed by atoms with E-state index in [9.17, 15) is 22.8 Å². The Morgan fingerprint density at radius 1 is 1.30 bits per heavy atom. The molecule has 0 unspecified atom stereocenters. The summed E-state index contributed by atoms with van der Waals surface area (Å²) in [5.74, 6) is -1.85. The van der Waals surface area contributed by atoms with Crippen molar-refractivity contribution in [2.24, 2.45) is 5.92 Å². The molecule has 128 valence electrons. The van der Waals surface area contributed by atoms with Gasteiger partial charge in [-0.05, 0) is 26.7 Å². The van der Waals surface area contributed by atoms with Gasteiger partial charge in [0.1, 0.15) is 5.76 Å². The molecule has 0 radical (unpaired) electrons. The summed E-state index contributed by atoms with van der Waals surface area (Å²) in [7, 11) is 0. The Morgan fingerprint density at radius 3 is 2.39 bits per heavy atom. The van der Waals surface area contributed by atoms with E-state index < -0.39 is 18.0 Å². The number of aromatic nitrogens is 1. The summed E-state index contributed by atoms with van der Waals surface area (Å²) < 4.78 is 42.1. The number of alkyl halides is 3. The molecule has 23 heavy (non-hydrogen) atoms. The Balaban J connectivity index is 1.83. The lowest BCUT2D eigenvalue weighted by molar-refractivity contribution is -0.186. The molecule has 0 aliphatic carbocycles. The molecule has 0 atom stereocenters. The molecule has 1 aromatic heterocycles. The van der Waals surface area contributed by atoms with Crippen LogP contribution in [0.1, 0.15) is 29.9 Å². The Morgan fingerprint density at radius 2 is 1.91 bits per heavy atom. The second-order valence-electron chi connectivity index (χ2n) is 5.58. The largest absolute Gasteiger partial charge is 0.471 e. The zero-order valence-corrected chi connectivity index (χ0v) is 12.9. The van der Waals surface area contributed by atoms with Crippen LogP contribution in [0.25, 0.3) is 0 Å². The second kappa shape index (κ2) is 6.59. The van der Waals surface area contributed by atoms with Crippen molar-refractivity contribution in [3.63, 3.8) is 0 Å². The van der Waals surface area contributed by atoms with E-state index in [1.54, 1.807) is 13.8 Å². The summed E-state index contributed by atoms with van der Waals surface area (Å²) >= 11 is 0. The molecule has 2 amide bonds. The highest BCUT2D eigenvalue weighted by molar-refractivity contribution is 5.83. The van der Waals surface area contributed by atoms with Gasteiger partial charge in [-0.3, -0.25) is 9.59 Å². The van der Waals surface area contributed by atoms with E-state index >= 15 is 0 Å². The van der Waals surface area contributed by atoms with Crippen LogP contribution in [-0.4, -0.2) is 41.1 Å². The van der Waals surface area contributed by atoms with Gasteiger partial charge in [0.05, 0.1) is 5.69 Å². The van der Waals surface area contributed by atoms with E-state index in [-0.39, 0.29) is 38.4 Å². The molecule has 1 N–H and O–H groups in total. The number of nitrogens with zero attached hydrogens (tertiary/aromatic N) is 2. The first-order valence-corrected chi connectivity index (χ1v) is 7.25. The third-order valence-electron chi connectivity index (χ3n) is 4.02. The van der Waals surface area contributed by atoms with Crippen LogP contribution < -0.4 is 5.32 Å². The summed E-state index contributed by atoms with van der Waals surface area (Å²) in [5, 5.41) is 6.53. The number of halogens is 3. The smallest absolute Gasteiger partial charge is 0.361 e. The van der Waals surface area contributed by atoms with Gasteiger partial charge in [-0.1, -0.05) is 5.16 Å². The number of likely N-dealkylation sites (tertiary alicyclic amines) is 1. The minimum Gasteiger partial charge on any atom is -0.361 e. The Hall–Kier alpha value is -2.06. The van der Waals surface area contributed by atoms with Crippen LogP contribution in [0, 0.1) is 19.8 Å². The second-order valence-corrected chi connectivity index (χ2v) is 5.58. The number of nitrogens with one attached hydrogen (secondary N) is 1. The van der Waals surface area contributed by atoms with Crippen LogP contribution in [0.2, 0.25) is 0 Å². The van der Waals surface area contributed by atoms with Crippen LogP contribution in [0.15, 0.2) is 4.52 Å². The standard InChI is InChI=1S/C14H18F3N3O3/c1-8-11(9(2)23-19-8)7-18-12(21)10-3-5-20(6-4-10)13(22)14(15,16)17/h10H,3-7H2,1-2H3,(H,18,21). The highest BCUT2D eigenvalue weighted by Gasteiger charge is 2.43. The van der Waals surface area contributed by atoms with Crippen LogP contribution in [0.3, 0.4) is 0 Å². The Labute approximate surface area is 131 Å². The van der Waals surface area contributed by atoms with Gasteiger partial charge in [-0.25, -0.2) is 0 Å². The molecule has 1 aromatic rings. The molecule has 1 aliphatic rings. The molecule has 9 heteroatoms. The van der Waals surface area contributed by atoms with Crippen LogP contribution in [0.5, 0.6) is 0 Å². The van der Waals surface area contributed by atoms with Gasteiger partial charge in [0.15, 0.2) is 0 Å². The topological polar surface area (TPSA) is 75.4 Å². The van der Waals surface area contributed by atoms with Gasteiger partial charge in [-0.15, -0.1) is 0 Å². The average molecular weight is 333 g/mol. The number of aryl methyl sites for hydroxylation is 2. The highest BCUT2D eigenvalue weighted by atomic mass is 19.4. The number of amides is 2. The molecule has 0 bridgehead atoms.